The number of carbonyl (C=O) groups is 1. The molecule has 0 spiro atoms. The zero-order chi connectivity index (χ0) is 15.6. The van der Waals surface area contributed by atoms with Crippen LogP contribution in [0, 0.1) is 31.0 Å². The largest absolute Gasteiger partial charge is 0.478 e. The van der Waals surface area contributed by atoms with Gasteiger partial charge in [-0.25, -0.2) is 9.18 Å². The maximum atomic E-state index is 13.6. The number of aryl methyl sites for hydroxylation is 1. The number of hydrogen-bond acceptors (Lipinski definition) is 5. The minimum absolute atomic E-state index is 0.197. The van der Waals surface area contributed by atoms with E-state index in [4.69, 9.17) is 10.4 Å². The molecule has 1 aromatic carbocycles. The first-order chi connectivity index (χ1) is 9.93. The molecule has 0 atom stereocenters. The summed E-state index contributed by atoms with van der Waals surface area (Å²) in [5.74, 6) is -2.02. The van der Waals surface area contributed by atoms with Crippen LogP contribution in [0.3, 0.4) is 0 Å². The highest BCUT2D eigenvalue weighted by molar-refractivity contribution is 5.88. The lowest BCUT2D eigenvalue weighted by Gasteiger charge is -2.10. The number of nitrogens with zero attached hydrogens (tertiary/aromatic N) is 3. The van der Waals surface area contributed by atoms with Gasteiger partial charge in [-0.15, -0.1) is 5.10 Å². The van der Waals surface area contributed by atoms with Crippen molar-refractivity contribution in [2.24, 2.45) is 0 Å². The highest BCUT2D eigenvalue weighted by Crippen LogP contribution is 2.23. The number of nitriles is 1. The average Bonchev–Trinajstić information content (AvgIpc) is 2.43. The van der Waals surface area contributed by atoms with Gasteiger partial charge in [-0.3, -0.25) is 0 Å². The van der Waals surface area contributed by atoms with E-state index in [1.54, 1.807) is 13.8 Å². The molecule has 106 valence electrons. The number of carboxylic acid groups (broad SMARTS) is 1. The van der Waals surface area contributed by atoms with Gasteiger partial charge in [-0.1, -0.05) is 0 Å². The van der Waals surface area contributed by atoms with E-state index >= 15 is 0 Å². The van der Waals surface area contributed by atoms with Gasteiger partial charge in [0.2, 0.25) is 0 Å². The Labute approximate surface area is 119 Å². The van der Waals surface area contributed by atoms with Gasteiger partial charge in [0.05, 0.1) is 11.3 Å². The Morgan fingerprint density at radius 3 is 2.67 bits per heavy atom. The lowest BCUT2D eigenvalue weighted by atomic mass is 10.1. The van der Waals surface area contributed by atoms with Crippen LogP contribution in [0.1, 0.15) is 27.2 Å². The molecule has 2 aromatic rings. The maximum absolute atomic E-state index is 13.6. The highest BCUT2D eigenvalue weighted by atomic mass is 19.1. The Morgan fingerprint density at radius 1 is 1.38 bits per heavy atom. The lowest BCUT2D eigenvalue weighted by molar-refractivity contribution is 0.0692. The van der Waals surface area contributed by atoms with E-state index in [-0.39, 0.29) is 11.5 Å². The first kappa shape index (κ1) is 14.4. The van der Waals surface area contributed by atoms with E-state index in [0.717, 1.165) is 12.1 Å². The molecule has 0 aliphatic rings. The van der Waals surface area contributed by atoms with Crippen molar-refractivity contribution in [3.8, 4) is 6.07 Å². The Hall–Kier alpha value is -3.01. The third kappa shape index (κ3) is 2.79. The van der Waals surface area contributed by atoms with Gasteiger partial charge in [-0.2, -0.15) is 10.4 Å². The fourth-order valence-corrected chi connectivity index (χ4v) is 1.74. The summed E-state index contributed by atoms with van der Waals surface area (Å²) >= 11 is 0. The number of hydrogen-bond donors (Lipinski definition) is 2. The van der Waals surface area contributed by atoms with Gasteiger partial charge in [0, 0.05) is 5.69 Å². The van der Waals surface area contributed by atoms with E-state index in [1.165, 1.54) is 6.07 Å². The number of carboxylic acids is 1. The molecule has 2 rings (SSSR count). The van der Waals surface area contributed by atoms with Crippen LogP contribution in [0.4, 0.5) is 15.9 Å². The molecule has 0 aliphatic carbocycles. The average molecular weight is 286 g/mol. The number of rotatable bonds is 3. The van der Waals surface area contributed by atoms with Crippen molar-refractivity contribution in [2.75, 3.05) is 5.32 Å². The predicted molar refractivity (Wildman–Crippen MR) is 72.9 cm³/mol. The molecule has 21 heavy (non-hydrogen) atoms. The molecule has 1 aromatic heterocycles. The summed E-state index contributed by atoms with van der Waals surface area (Å²) in [6.45, 7) is 3.47. The van der Waals surface area contributed by atoms with E-state index < -0.39 is 17.3 Å². The van der Waals surface area contributed by atoms with E-state index in [1.807, 2.05) is 6.07 Å². The summed E-state index contributed by atoms with van der Waals surface area (Å²) in [7, 11) is 0. The van der Waals surface area contributed by atoms with Crippen LogP contribution in [0.5, 0.6) is 0 Å². The van der Waals surface area contributed by atoms with Crippen molar-refractivity contribution in [1.29, 1.82) is 5.26 Å². The number of nitrogens with one attached hydrogen (secondary N) is 1. The molecule has 0 unspecified atom stereocenters. The van der Waals surface area contributed by atoms with Gasteiger partial charge in [0.25, 0.3) is 0 Å². The third-order valence-electron chi connectivity index (χ3n) is 3.03. The van der Waals surface area contributed by atoms with Crippen LogP contribution < -0.4 is 5.32 Å². The second kappa shape index (κ2) is 5.54. The van der Waals surface area contributed by atoms with Crippen molar-refractivity contribution >= 4 is 17.5 Å². The summed E-state index contributed by atoms with van der Waals surface area (Å²) in [5, 5.41) is 28.5. The Bertz CT molecular complexity index is 768. The highest BCUT2D eigenvalue weighted by Gasteiger charge is 2.13. The summed E-state index contributed by atoms with van der Waals surface area (Å²) in [4.78, 5) is 10.7. The van der Waals surface area contributed by atoms with Crippen LogP contribution in [0.15, 0.2) is 18.2 Å². The molecule has 2 N–H and O–H groups in total. The first-order valence-corrected chi connectivity index (χ1v) is 5.98. The number of halogens is 1. The zero-order valence-corrected chi connectivity index (χ0v) is 11.3. The molecular formula is C14H11FN4O2. The second-order valence-corrected chi connectivity index (χ2v) is 4.37. The Morgan fingerprint density at radius 2 is 2.10 bits per heavy atom. The lowest BCUT2D eigenvalue weighted by Crippen LogP contribution is -2.05. The van der Waals surface area contributed by atoms with Crippen LogP contribution >= 0.6 is 0 Å². The van der Waals surface area contributed by atoms with E-state index in [0.29, 0.717) is 16.8 Å². The maximum Gasteiger partial charge on any atom is 0.338 e. The number of aromatic nitrogens is 2. The molecule has 0 saturated heterocycles. The van der Waals surface area contributed by atoms with Gasteiger partial charge in [-0.05, 0) is 37.6 Å². The molecule has 0 aliphatic heterocycles. The summed E-state index contributed by atoms with van der Waals surface area (Å²) < 4.78 is 13.6. The third-order valence-corrected chi connectivity index (χ3v) is 3.03. The second-order valence-electron chi connectivity index (χ2n) is 4.37. The molecule has 0 fully saturated rings. The van der Waals surface area contributed by atoms with Crippen molar-refractivity contribution in [2.45, 2.75) is 13.8 Å². The van der Waals surface area contributed by atoms with Crippen molar-refractivity contribution in [3.63, 3.8) is 0 Å². The van der Waals surface area contributed by atoms with E-state index in [2.05, 4.69) is 15.5 Å². The number of benzene rings is 1. The Kier molecular flexibility index (Phi) is 3.80. The first-order valence-electron chi connectivity index (χ1n) is 5.98. The SMILES string of the molecule is Cc1nnc(Nc2ccc(C(=O)O)c(F)c2)c(C#N)c1C. The monoisotopic (exact) mass is 286 g/mol. The number of anilines is 2. The standard InChI is InChI=1S/C14H11FN4O2/c1-7-8(2)18-19-13(11(7)6-16)17-9-3-4-10(14(20)21)12(15)5-9/h3-5H,1-2H3,(H,17,19)(H,20,21). The van der Waals surface area contributed by atoms with Gasteiger partial charge >= 0.3 is 5.97 Å². The summed E-state index contributed by atoms with van der Waals surface area (Å²) in [6.07, 6.45) is 0. The fourth-order valence-electron chi connectivity index (χ4n) is 1.74. The van der Waals surface area contributed by atoms with Crippen LogP contribution in [0.25, 0.3) is 0 Å². The van der Waals surface area contributed by atoms with Crippen molar-refractivity contribution < 1.29 is 14.3 Å². The molecule has 0 radical (unpaired) electrons. The predicted octanol–water partition coefficient (Wildman–Crippen LogP) is 2.55. The summed E-state index contributed by atoms with van der Waals surface area (Å²) in [5.41, 5.74) is 1.48. The van der Waals surface area contributed by atoms with Crippen LogP contribution in [-0.4, -0.2) is 21.3 Å². The zero-order valence-electron chi connectivity index (χ0n) is 11.3. The van der Waals surface area contributed by atoms with Crippen LogP contribution in [-0.2, 0) is 0 Å². The number of aromatic carboxylic acids is 1. The van der Waals surface area contributed by atoms with Gasteiger partial charge in [0.1, 0.15) is 17.4 Å². The van der Waals surface area contributed by atoms with E-state index in [9.17, 15) is 9.18 Å². The van der Waals surface area contributed by atoms with Crippen molar-refractivity contribution in [1.82, 2.24) is 10.2 Å². The molecule has 1 heterocycles. The molecule has 7 heteroatoms. The molecule has 0 amide bonds. The minimum Gasteiger partial charge on any atom is -0.478 e. The van der Waals surface area contributed by atoms with Crippen LogP contribution in [0.2, 0.25) is 0 Å². The Balaban J connectivity index is 2.40. The quantitative estimate of drug-likeness (QED) is 0.899. The molecular weight excluding hydrogens is 275 g/mol. The normalized spacial score (nSPS) is 10.0. The molecule has 0 bridgehead atoms. The molecule has 0 saturated carbocycles. The minimum atomic E-state index is -1.34. The van der Waals surface area contributed by atoms with Crippen molar-refractivity contribution in [3.05, 3.63) is 46.4 Å². The van der Waals surface area contributed by atoms with Gasteiger partial charge < -0.3 is 10.4 Å². The smallest absolute Gasteiger partial charge is 0.338 e. The van der Waals surface area contributed by atoms with Gasteiger partial charge in [0.15, 0.2) is 5.82 Å². The fraction of sp³-hybridized carbons (Fsp3) is 0.143. The molecule has 6 nitrogen and oxygen atoms in total. The topological polar surface area (TPSA) is 98.9 Å². The summed E-state index contributed by atoms with van der Waals surface area (Å²) in [6, 6.07) is 5.58.